The summed E-state index contributed by atoms with van der Waals surface area (Å²) in [5.74, 6) is 1.16. The van der Waals surface area contributed by atoms with Gasteiger partial charge in [-0.25, -0.2) is 0 Å². The maximum absolute atomic E-state index is 12.5. The number of nitrogens with one attached hydrogen (secondary N) is 1. The third-order valence-electron chi connectivity index (χ3n) is 4.87. The van der Waals surface area contributed by atoms with E-state index in [0.717, 1.165) is 38.4 Å². The van der Waals surface area contributed by atoms with Crippen LogP contribution in [0.15, 0.2) is 0 Å². The standard InChI is InChI=1S/C13H22N2O/c1-13(5-2-3-6-13)12(16)15-8-10-4-7-14-11(10)9-15/h10-11,14H,2-9H2,1H3/t10-,11+/m0/s1. The second kappa shape index (κ2) is 3.73. The Morgan fingerprint density at radius 1 is 1.31 bits per heavy atom. The molecule has 2 atom stereocenters. The van der Waals surface area contributed by atoms with Crippen LogP contribution < -0.4 is 5.32 Å². The summed E-state index contributed by atoms with van der Waals surface area (Å²) in [5, 5.41) is 3.51. The molecule has 1 N–H and O–H groups in total. The minimum atomic E-state index is -0.0291. The molecule has 2 heterocycles. The normalized spacial score (nSPS) is 36.7. The highest BCUT2D eigenvalue weighted by atomic mass is 16.2. The van der Waals surface area contributed by atoms with E-state index in [9.17, 15) is 4.79 Å². The van der Waals surface area contributed by atoms with E-state index in [1.807, 2.05) is 0 Å². The van der Waals surface area contributed by atoms with Crippen molar-refractivity contribution in [1.29, 1.82) is 0 Å². The Labute approximate surface area is 97.6 Å². The number of fused-ring (bicyclic) bond motifs is 1. The van der Waals surface area contributed by atoms with Crippen LogP contribution in [0, 0.1) is 11.3 Å². The number of amides is 1. The molecular weight excluding hydrogens is 200 g/mol. The van der Waals surface area contributed by atoms with Gasteiger partial charge in [0.2, 0.25) is 5.91 Å². The van der Waals surface area contributed by atoms with E-state index >= 15 is 0 Å². The van der Waals surface area contributed by atoms with Gasteiger partial charge in [-0.3, -0.25) is 4.79 Å². The van der Waals surface area contributed by atoms with E-state index in [2.05, 4.69) is 17.1 Å². The molecule has 0 spiro atoms. The largest absolute Gasteiger partial charge is 0.340 e. The van der Waals surface area contributed by atoms with Crippen LogP contribution in [0.5, 0.6) is 0 Å². The molecular formula is C13H22N2O. The van der Waals surface area contributed by atoms with Crippen molar-refractivity contribution < 1.29 is 4.79 Å². The quantitative estimate of drug-likeness (QED) is 0.727. The van der Waals surface area contributed by atoms with Crippen LogP contribution in [0.1, 0.15) is 39.0 Å². The molecule has 0 aromatic heterocycles. The molecule has 3 nitrogen and oxygen atoms in total. The minimum absolute atomic E-state index is 0.0291. The fraction of sp³-hybridized carbons (Fsp3) is 0.923. The van der Waals surface area contributed by atoms with Gasteiger partial charge >= 0.3 is 0 Å². The van der Waals surface area contributed by atoms with Crippen molar-refractivity contribution in [3.05, 3.63) is 0 Å². The van der Waals surface area contributed by atoms with Gasteiger partial charge in [0.25, 0.3) is 0 Å². The number of carbonyl (C=O) groups excluding carboxylic acids is 1. The second-order valence-electron chi connectivity index (χ2n) is 6.09. The number of rotatable bonds is 1. The van der Waals surface area contributed by atoms with E-state index in [1.165, 1.54) is 19.3 Å². The number of carbonyl (C=O) groups is 1. The lowest BCUT2D eigenvalue weighted by molar-refractivity contribution is -0.140. The first-order valence-corrected chi connectivity index (χ1v) is 6.72. The third-order valence-corrected chi connectivity index (χ3v) is 4.87. The molecule has 1 amide bonds. The molecule has 3 heteroatoms. The molecule has 1 aliphatic carbocycles. The summed E-state index contributed by atoms with van der Waals surface area (Å²) >= 11 is 0. The topological polar surface area (TPSA) is 32.3 Å². The molecule has 2 aliphatic heterocycles. The monoisotopic (exact) mass is 222 g/mol. The van der Waals surface area contributed by atoms with Crippen LogP contribution in [0.4, 0.5) is 0 Å². The van der Waals surface area contributed by atoms with Gasteiger partial charge in [0.15, 0.2) is 0 Å². The van der Waals surface area contributed by atoms with Gasteiger partial charge in [0.05, 0.1) is 0 Å². The lowest BCUT2D eigenvalue weighted by Gasteiger charge is -2.29. The minimum Gasteiger partial charge on any atom is -0.340 e. The molecule has 3 rings (SSSR count). The van der Waals surface area contributed by atoms with Crippen molar-refractivity contribution in [2.24, 2.45) is 11.3 Å². The lowest BCUT2D eigenvalue weighted by atomic mass is 9.87. The predicted octanol–water partition coefficient (Wildman–Crippen LogP) is 1.39. The zero-order valence-electron chi connectivity index (χ0n) is 10.2. The maximum Gasteiger partial charge on any atom is 0.228 e. The molecule has 0 radical (unpaired) electrons. The van der Waals surface area contributed by atoms with Crippen LogP contribution >= 0.6 is 0 Å². The number of hydrogen-bond acceptors (Lipinski definition) is 2. The van der Waals surface area contributed by atoms with E-state index in [0.29, 0.717) is 11.9 Å². The van der Waals surface area contributed by atoms with Crippen molar-refractivity contribution >= 4 is 5.91 Å². The van der Waals surface area contributed by atoms with E-state index in [4.69, 9.17) is 0 Å². The highest BCUT2D eigenvalue weighted by Gasteiger charge is 2.44. The molecule has 16 heavy (non-hydrogen) atoms. The number of nitrogens with zero attached hydrogens (tertiary/aromatic N) is 1. The molecule has 0 aromatic carbocycles. The van der Waals surface area contributed by atoms with Crippen molar-refractivity contribution in [3.8, 4) is 0 Å². The summed E-state index contributed by atoms with van der Waals surface area (Å²) < 4.78 is 0. The predicted molar refractivity (Wildman–Crippen MR) is 63.1 cm³/mol. The molecule has 90 valence electrons. The summed E-state index contributed by atoms with van der Waals surface area (Å²) in [5.41, 5.74) is -0.0291. The average molecular weight is 222 g/mol. The summed E-state index contributed by atoms with van der Waals surface area (Å²) in [6.45, 7) is 5.28. The number of hydrogen-bond donors (Lipinski definition) is 1. The van der Waals surface area contributed by atoms with E-state index < -0.39 is 0 Å². The van der Waals surface area contributed by atoms with Gasteiger partial charge in [-0.15, -0.1) is 0 Å². The Kier molecular flexibility index (Phi) is 2.46. The molecule has 0 unspecified atom stereocenters. The van der Waals surface area contributed by atoms with Crippen molar-refractivity contribution in [2.45, 2.75) is 45.1 Å². The van der Waals surface area contributed by atoms with Crippen LogP contribution in [0.3, 0.4) is 0 Å². The van der Waals surface area contributed by atoms with E-state index in [1.54, 1.807) is 0 Å². The first kappa shape index (κ1) is 10.6. The molecule has 1 saturated carbocycles. The summed E-state index contributed by atoms with van der Waals surface area (Å²) in [4.78, 5) is 14.6. The number of likely N-dealkylation sites (tertiary alicyclic amines) is 1. The molecule has 0 aromatic rings. The van der Waals surface area contributed by atoms with Gasteiger partial charge in [-0.2, -0.15) is 0 Å². The maximum atomic E-state index is 12.5. The zero-order chi connectivity index (χ0) is 11.2. The van der Waals surface area contributed by atoms with Crippen LogP contribution in [-0.4, -0.2) is 36.5 Å². The highest BCUT2D eigenvalue weighted by molar-refractivity contribution is 5.83. The lowest BCUT2D eigenvalue weighted by Crippen LogP contribution is -2.41. The first-order valence-electron chi connectivity index (χ1n) is 6.72. The Hall–Kier alpha value is -0.570. The average Bonchev–Trinajstić information content (AvgIpc) is 2.90. The van der Waals surface area contributed by atoms with Gasteiger partial charge in [-0.1, -0.05) is 19.8 Å². The van der Waals surface area contributed by atoms with Crippen LogP contribution in [0.2, 0.25) is 0 Å². The van der Waals surface area contributed by atoms with Gasteiger partial charge in [-0.05, 0) is 31.7 Å². The summed E-state index contributed by atoms with van der Waals surface area (Å²) in [6.07, 6.45) is 5.93. The Bertz CT molecular complexity index is 284. The van der Waals surface area contributed by atoms with Gasteiger partial charge in [0, 0.05) is 24.5 Å². The van der Waals surface area contributed by atoms with Crippen LogP contribution in [-0.2, 0) is 4.79 Å². The molecule has 3 fully saturated rings. The zero-order valence-corrected chi connectivity index (χ0v) is 10.2. The Balaban J connectivity index is 1.68. The van der Waals surface area contributed by atoms with Gasteiger partial charge in [0.1, 0.15) is 0 Å². The second-order valence-corrected chi connectivity index (χ2v) is 6.09. The SMILES string of the molecule is CC1(C(=O)N2C[C@@H]3CCN[C@@H]3C2)CCCC1. The summed E-state index contributed by atoms with van der Waals surface area (Å²) in [7, 11) is 0. The fourth-order valence-electron chi connectivity index (χ4n) is 3.77. The Morgan fingerprint density at radius 2 is 2.06 bits per heavy atom. The fourth-order valence-corrected chi connectivity index (χ4v) is 3.77. The van der Waals surface area contributed by atoms with E-state index in [-0.39, 0.29) is 5.41 Å². The Morgan fingerprint density at radius 3 is 2.75 bits per heavy atom. The molecule has 0 bridgehead atoms. The smallest absolute Gasteiger partial charge is 0.228 e. The highest BCUT2D eigenvalue weighted by Crippen LogP contribution is 2.40. The van der Waals surface area contributed by atoms with Crippen LogP contribution in [0.25, 0.3) is 0 Å². The van der Waals surface area contributed by atoms with Gasteiger partial charge < -0.3 is 10.2 Å². The van der Waals surface area contributed by atoms with Crippen molar-refractivity contribution in [1.82, 2.24) is 10.2 Å². The molecule has 2 saturated heterocycles. The van der Waals surface area contributed by atoms with Crippen molar-refractivity contribution in [2.75, 3.05) is 19.6 Å². The first-order chi connectivity index (χ1) is 7.69. The molecule has 3 aliphatic rings. The van der Waals surface area contributed by atoms with Crippen molar-refractivity contribution in [3.63, 3.8) is 0 Å². The summed E-state index contributed by atoms with van der Waals surface area (Å²) in [6, 6.07) is 0.592. The third kappa shape index (κ3) is 1.56.